The molecule has 0 saturated heterocycles. The van der Waals surface area contributed by atoms with Crippen molar-refractivity contribution >= 4 is 23.3 Å². The van der Waals surface area contributed by atoms with Gasteiger partial charge in [0.15, 0.2) is 0 Å². The summed E-state index contributed by atoms with van der Waals surface area (Å²) < 4.78 is 1.63. The second-order valence-electron chi connectivity index (χ2n) is 2.68. The van der Waals surface area contributed by atoms with Crippen LogP contribution in [0.4, 0.5) is 5.82 Å². The summed E-state index contributed by atoms with van der Waals surface area (Å²) in [4.78, 5) is 10.9. The zero-order valence-electron chi connectivity index (χ0n) is 7.67. The minimum absolute atomic E-state index is 0.0351. The van der Waals surface area contributed by atoms with Gasteiger partial charge in [0.1, 0.15) is 11.7 Å². The summed E-state index contributed by atoms with van der Waals surface area (Å²) in [6.07, 6.45) is 0.852. The third-order valence-corrected chi connectivity index (χ3v) is 1.92. The van der Waals surface area contributed by atoms with Crippen LogP contribution in [0.25, 0.3) is 0 Å². The van der Waals surface area contributed by atoms with Gasteiger partial charge >= 0.3 is 0 Å². The van der Waals surface area contributed by atoms with Crippen molar-refractivity contribution in [3.05, 3.63) is 11.8 Å². The van der Waals surface area contributed by atoms with E-state index >= 15 is 0 Å². The molecule has 0 aromatic carbocycles. The predicted molar refractivity (Wildman–Crippen MR) is 51.9 cm³/mol. The Kier molecular flexibility index (Phi) is 3.31. The highest BCUT2D eigenvalue weighted by molar-refractivity contribution is 6.29. The number of hydrogen-bond acceptors (Lipinski definition) is 2. The van der Waals surface area contributed by atoms with Crippen molar-refractivity contribution in [2.45, 2.75) is 13.3 Å². The Morgan fingerprint density at radius 2 is 2.46 bits per heavy atom. The van der Waals surface area contributed by atoms with Gasteiger partial charge in [-0.15, -0.1) is 11.6 Å². The van der Waals surface area contributed by atoms with Crippen molar-refractivity contribution in [1.29, 1.82) is 0 Å². The number of anilines is 1. The number of rotatable bonds is 3. The summed E-state index contributed by atoms with van der Waals surface area (Å²) in [6.45, 7) is 2.01. The van der Waals surface area contributed by atoms with Crippen LogP contribution in [0.3, 0.4) is 0 Å². The van der Waals surface area contributed by atoms with Crippen LogP contribution in [0.1, 0.15) is 12.6 Å². The number of carbonyl (C=O) groups is 1. The number of nitrogens with one attached hydrogen (secondary N) is 1. The molecule has 0 saturated carbocycles. The van der Waals surface area contributed by atoms with E-state index in [1.54, 1.807) is 11.7 Å². The fourth-order valence-corrected chi connectivity index (χ4v) is 1.06. The number of aryl methyl sites for hydroxylation is 2. The molecule has 0 spiro atoms. The van der Waals surface area contributed by atoms with Crippen LogP contribution in [0.5, 0.6) is 0 Å². The van der Waals surface area contributed by atoms with Gasteiger partial charge in [-0.1, -0.05) is 6.92 Å². The Morgan fingerprint density at radius 3 is 2.92 bits per heavy atom. The lowest BCUT2D eigenvalue weighted by atomic mass is 10.3. The fourth-order valence-electron chi connectivity index (χ4n) is 0.993. The zero-order valence-corrected chi connectivity index (χ0v) is 8.43. The first-order valence-electron chi connectivity index (χ1n) is 4.06. The smallest absolute Gasteiger partial charge is 0.240 e. The van der Waals surface area contributed by atoms with E-state index in [2.05, 4.69) is 10.4 Å². The van der Waals surface area contributed by atoms with E-state index in [0.29, 0.717) is 5.82 Å². The van der Waals surface area contributed by atoms with Gasteiger partial charge in [0.2, 0.25) is 5.91 Å². The van der Waals surface area contributed by atoms with E-state index in [9.17, 15) is 4.79 Å². The highest BCUT2D eigenvalue weighted by atomic mass is 35.5. The van der Waals surface area contributed by atoms with Gasteiger partial charge in [-0.25, -0.2) is 0 Å². The van der Waals surface area contributed by atoms with Crippen LogP contribution in [0, 0.1) is 0 Å². The minimum Gasteiger partial charge on any atom is -0.310 e. The number of amides is 1. The van der Waals surface area contributed by atoms with Crippen LogP contribution in [-0.2, 0) is 18.3 Å². The number of carbonyl (C=O) groups excluding carboxylic acids is 1. The van der Waals surface area contributed by atoms with Crippen molar-refractivity contribution in [3.8, 4) is 0 Å². The Hall–Kier alpha value is -1.03. The average Bonchev–Trinajstić information content (AvgIpc) is 2.47. The summed E-state index contributed by atoms with van der Waals surface area (Å²) in [7, 11) is 1.78. The van der Waals surface area contributed by atoms with E-state index in [4.69, 9.17) is 11.6 Å². The van der Waals surface area contributed by atoms with E-state index in [0.717, 1.165) is 12.1 Å². The van der Waals surface area contributed by atoms with Crippen LogP contribution in [0.15, 0.2) is 6.07 Å². The maximum Gasteiger partial charge on any atom is 0.240 e. The molecule has 1 aromatic heterocycles. The van der Waals surface area contributed by atoms with Crippen molar-refractivity contribution in [1.82, 2.24) is 9.78 Å². The third kappa shape index (κ3) is 2.45. The molecular formula is C8H12ClN3O. The Bertz CT molecular complexity index is 308. The summed E-state index contributed by atoms with van der Waals surface area (Å²) in [5, 5.41) is 6.82. The SMILES string of the molecule is CCc1cc(NC(=O)CCl)n(C)n1. The second-order valence-corrected chi connectivity index (χ2v) is 2.95. The molecule has 1 N–H and O–H groups in total. The summed E-state index contributed by atoms with van der Waals surface area (Å²) >= 11 is 5.35. The van der Waals surface area contributed by atoms with Crippen molar-refractivity contribution < 1.29 is 4.79 Å². The second kappa shape index (κ2) is 4.28. The average molecular weight is 202 g/mol. The normalized spacial score (nSPS) is 10.1. The summed E-state index contributed by atoms with van der Waals surface area (Å²) in [5.41, 5.74) is 0.951. The maximum absolute atomic E-state index is 10.9. The first kappa shape index (κ1) is 10.1. The topological polar surface area (TPSA) is 46.9 Å². The molecule has 1 amide bonds. The van der Waals surface area contributed by atoms with E-state index in [-0.39, 0.29) is 11.8 Å². The molecule has 0 radical (unpaired) electrons. The number of aromatic nitrogens is 2. The first-order valence-corrected chi connectivity index (χ1v) is 4.59. The Labute approximate surface area is 81.9 Å². The van der Waals surface area contributed by atoms with Crippen LogP contribution in [-0.4, -0.2) is 21.6 Å². The van der Waals surface area contributed by atoms with E-state index in [1.807, 2.05) is 13.0 Å². The van der Waals surface area contributed by atoms with Gasteiger partial charge < -0.3 is 5.32 Å². The monoisotopic (exact) mass is 201 g/mol. The third-order valence-electron chi connectivity index (χ3n) is 1.68. The first-order chi connectivity index (χ1) is 6.17. The quantitative estimate of drug-likeness (QED) is 0.747. The highest BCUT2D eigenvalue weighted by Gasteiger charge is 2.06. The summed E-state index contributed by atoms with van der Waals surface area (Å²) in [6, 6.07) is 1.84. The summed E-state index contributed by atoms with van der Waals surface area (Å²) in [5.74, 6) is 0.432. The number of halogens is 1. The zero-order chi connectivity index (χ0) is 9.84. The number of hydrogen-bond donors (Lipinski definition) is 1. The molecule has 0 aliphatic carbocycles. The van der Waals surface area contributed by atoms with Gasteiger partial charge in [0.05, 0.1) is 5.69 Å². The number of nitrogens with zero attached hydrogens (tertiary/aromatic N) is 2. The molecule has 4 nitrogen and oxygen atoms in total. The molecule has 72 valence electrons. The molecule has 1 heterocycles. The maximum atomic E-state index is 10.9. The lowest BCUT2D eigenvalue weighted by Gasteiger charge is -2.00. The van der Waals surface area contributed by atoms with Crippen LogP contribution < -0.4 is 5.32 Å². The molecule has 0 fully saturated rings. The Morgan fingerprint density at radius 1 is 1.77 bits per heavy atom. The lowest BCUT2D eigenvalue weighted by Crippen LogP contribution is -2.15. The largest absolute Gasteiger partial charge is 0.310 e. The fraction of sp³-hybridized carbons (Fsp3) is 0.500. The van der Waals surface area contributed by atoms with Crippen molar-refractivity contribution in [3.63, 3.8) is 0 Å². The van der Waals surface area contributed by atoms with E-state index in [1.165, 1.54) is 0 Å². The standard InChI is InChI=1S/C8H12ClN3O/c1-3-6-4-7(12(2)11-6)10-8(13)5-9/h4H,3,5H2,1-2H3,(H,10,13). The molecule has 0 atom stereocenters. The molecule has 5 heteroatoms. The van der Waals surface area contributed by atoms with E-state index < -0.39 is 0 Å². The van der Waals surface area contributed by atoms with Gasteiger partial charge in [-0.2, -0.15) is 5.10 Å². The Balaban J connectivity index is 2.76. The van der Waals surface area contributed by atoms with Gasteiger partial charge in [-0.05, 0) is 6.42 Å². The number of alkyl halides is 1. The molecule has 13 heavy (non-hydrogen) atoms. The van der Waals surface area contributed by atoms with Gasteiger partial charge in [-0.3, -0.25) is 9.48 Å². The van der Waals surface area contributed by atoms with Crippen molar-refractivity contribution in [2.24, 2.45) is 7.05 Å². The molecule has 0 unspecified atom stereocenters. The molecule has 0 bridgehead atoms. The lowest BCUT2D eigenvalue weighted by molar-refractivity contribution is -0.114. The molecule has 0 aliphatic rings. The molecular weight excluding hydrogens is 190 g/mol. The van der Waals surface area contributed by atoms with Crippen LogP contribution in [0.2, 0.25) is 0 Å². The van der Waals surface area contributed by atoms with Crippen LogP contribution >= 0.6 is 11.6 Å². The molecule has 1 aromatic rings. The molecule has 1 rings (SSSR count). The highest BCUT2D eigenvalue weighted by Crippen LogP contribution is 2.09. The van der Waals surface area contributed by atoms with Gasteiger partial charge in [0, 0.05) is 13.1 Å². The van der Waals surface area contributed by atoms with Crippen molar-refractivity contribution in [2.75, 3.05) is 11.2 Å². The molecule has 0 aliphatic heterocycles. The predicted octanol–water partition coefficient (Wildman–Crippen LogP) is 1.16. The minimum atomic E-state index is -0.215. The van der Waals surface area contributed by atoms with Gasteiger partial charge in [0.25, 0.3) is 0 Å².